The van der Waals surface area contributed by atoms with Gasteiger partial charge in [-0.05, 0) is 44.0 Å². The Kier molecular flexibility index (Phi) is 28.0. The van der Waals surface area contributed by atoms with Crippen molar-refractivity contribution in [3.05, 3.63) is 23.8 Å². The lowest BCUT2D eigenvalue weighted by Gasteiger charge is -2.37. The van der Waals surface area contributed by atoms with Gasteiger partial charge in [-0.2, -0.15) is 0 Å². The van der Waals surface area contributed by atoms with Gasteiger partial charge >= 0.3 is 0 Å². The molecule has 4 rings (SSSR count). The average molecular weight is 1130 g/mol. The molecule has 3 aliphatic rings. The summed E-state index contributed by atoms with van der Waals surface area (Å²) in [5.74, 6) is -8.67. The van der Waals surface area contributed by atoms with Crippen LogP contribution in [0.5, 0.6) is 11.5 Å². The number of benzene rings is 1. The van der Waals surface area contributed by atoms with Crippen molar-refractivity contribution in [1.29, 1.82) is 0 Å². The summed E-state index contributed by atoms with van der Waals surface area (Å²) < 4.78 is 0. The normalized spacial score (nSPS) is 29.4. The number of carbonyl (C=O) groups is 6. The maximum absolute atomic E-state index is 14.8. The maximum Gasteiger partial charge on any atom is 0.248 e. The van der Waals surface area contributed by atoms with Crippen LogP contribution in [0.2, 0.25) is 0 Å². The van der Waals surface area contributed by atoms with E-state index >= 15 is 0 Å². The highest BCUT2D eigenvalue weighted by Gasteiger charge is 2.50. The van der Waals surface area contributed by atoms with E-state index in [2.05, 4.69) is 38.8 Å². The summed E-state index contributed by atoms with van der Waals surface area (Å²) in [6.07, 6.45) is -3.64. The number of nitrogens with two attached hydrogens (primary N) is 2. The predicted molar refractivity (Wildman–Crippen MR) is 288 cm³/mol. The number of amides is 6. The summed E-state index contributed by atoms with van der Waals surface area (Å²) in [7, 11) is 0. The quantitative estimate of drug-likeness (QED) is 0.0337. The summed E-state index contributed by atoms with van der Waals surface area (Å²) in [4.78, 5) is 88.2. The number of nitrogens with one attached hydrogen (secondary N) is 6. The van der Waals surface area contributed by atoms with Crippen LogP contribution in [0.25, 0.3) is 0 Å². The summed E-state index contributed by atoms with van der Waals surface area (Å²) in [5.41, 5.74) is 11.3. The molecule has 0 bridgehead atoms. The molecule has 6 amide bonds. The first-order chi connectivity index (χ1) is 37.6. The lowest BCUT2D eigenvalue weighted by atomic mass is 9.96. The molecule has 0 saturated carbocycles. The molecule has 16 unspecified atom stereocenters. The number of nitrogens with zero attached hydrogens (tertiary/aromatic N) is 2. The zero-order chi connectivity index (χ0) is 58.5. The highest BCUT2D eigenvalue weighted by Crippen LogP contribution is 2.31. The van der Waals surface area contributed by atoms with Gasteiger partial charge in [-0.1, -0.05) is 97.0 Å². The van der Waals surface area contributed by atoms with Crippen molar-refractivity contribution >= 4 is 35.4 Å². The summed E-state index contributed by atoms with van der Waals surface area (Å²) in [6, 6.07) is -8.22. The Morgan fingerprint density at radius 3 is 1.89 bits per heavy atom. The minimum atomic E-state index is -2.38. The minimum Gasteiger partial charge on any atom is -0.504 e. The number of aromatic hydroxyl groups is 2. The largest absolute Gasteiger partial charge is 0.504 e. The molecule has 3 saturated heterocycles. The molecule has 20 N–H and O–H groups in total. The number of carbonyl (C=O) groups excluding carboxylic acids is 6. The van der Waals surface area contributed by atoms with E-state index in [9.17, 15) is 79.8 Å². The number of aliphatic hydroxyl groups excluding tert-OH is 8. The molecule has 26 nitrogen and oxygen atoms in total. The van der Waals surface area contributed by atoms with E-state index in [1.165, 1.54) is 44.9 Å². The van der Waals surface area contributed by atoms with E-state index in [-0.39, 0.29) is 44.6 Å². The van der Waals surface area contributed by atoms with Crippen LogP contribution in [0.15, 0.2) is 18.2 Å². The van der Waals surface area contributed by atoms with E-state index in [1.54, 1.807) is 6.92 Å². The fourth-order valence-corrected chi connectivity index (χ4v) is 10.5. The molecular formula is C53H92N10O16. The van der Waals surface area contributed by atoms with Crippen LogP contribution < -0.4 is 43.4 Å². The summed E-state index contributed by atoms with van der Waals surface area (Å²) in [5, 5.41) is 128. The second kappa shape index (κ2) is 33.2. The second-order valence-corrected chi connectivity index (χ2v) is 21.6. The van der Waals surface area contributed by atoms with Gasteiger partial charge in [-0.3, -0.25) is 39.4 Å². The number of phenolic OH excluding ortho intramolecular Hbond substituents is 2. The molecule has 3 fully saturated rings. The Morgan fingerprint density at radius 1 is 0.722 bits per heavy atom. The third kappa shape index (κ3) is 19.4. The summed E-state index contributed by atoms with van der Waals surface area (Å²) >= 11 is 0. The lowest BCUT2D eigenvalue weighted by molar-refractivity contribution is -0.147. The van der Waals surface area contributed by atoms with Gasteiger partial charge in [0.05, 0.1) is 42.7 Å². The molecule has 1 aromatic carbocycles. The van der Waals surface area contributed by atoms with Crippen LogP contribution in [0.3, 0.4) is 0 Å². The lowest BCUT2D eigenvalue weighted by Crippen LogP contribution is -2.65. The molecule has 16 atom stereocenters. The number of rotatable bonds is 25. The summed E-state index contributed by atoms with van der Waals surface area (Å²) in [6.45, 7) is 3.78. The molecule has 0 radical (unpaired) electrons. The molecule has 3 aliphatic heterocycles. The molecular weight excluding hydrogens is 1030 g/mol. The van der Waals surface area contributed by atoms with Gasteiger partial charge in [0.25, 0.3) is 0 Å². The SMILES string of the molecule is CCCCCCCCCCCCCCCC(=O)NC1CC(O)C(NCCN)NC(O)C2C(O)C(C)CN2C(=O)C(C(O)CCN)NC(=O)C(C(O)C(O)c2ccc(O)c(O)c2)NC(=O)C2CC(O)CN2C(=O)C(C(C)O)NC1=O. The van der Waals surface area contributed by atoms with E-state index in [0.29, 0.717) is 6.42 Å². The van der Waals surface area contributed by atoms with Crippen molar-refractivity contribution in [3.63, 3.8) is 0 Å². The van der Waals surface area contributed by atoms with Crippen LogP contribution in [-0.4, -0.2) is 214 Å². The van der Waals surface area contributed by atoms with Gasteiger partial charge < -0.3 is 93.6 Å². The van der Waals surface area contributed by atoms with Crippen LogP contribution in [-0.2, 0) is 28.8 Å². The Bertz CT molecular complexity index is 2100. The Morgan fingerprint density at radius 2 is 1.30 bits per heavy atom. The average Bonchev–Trinajstić information content (AvgIpc) is 3.96. The Hall–Kier alpha value is -4.84. The van der Waals surface area contributed by atoms with Crippen molar-refractivity contribution in [2.75, 3.05) is 32.7 Å². The molecule has 0 aromatic heterocycles. The van der Waals surface area contributed by atoms with Crippen LogP contribution in [0.4, 0.5) is 0 Å². The van der Waals surface area contributed by atoms with Crippen LogP contribution >= 0.6 is 0 Å². The topological polar surface area (TPSA) is 435 Å². The highest BCUT2D eigenvalue weighted by atomic mass is 16.3. The van der Waals surface area contributed by atoms with Gasteiger partial charge in [0.15, 0.2) is 11.5 Å². The zero-order valence-electron chi connectivity index (χ0n) is 46.0. The molecule has 3 heterocycles. The van der Waals surface area contributed by atoms with E-state index in [0.717, 1.165) is 67.0 Å². The number of fused-ring (bicyclic) bond motifs is 2. The van der Waals surface area contributed by atoms with Crippen molar-refractivity contribution in [3.8, 4) is 11.5 Å². The number of hydrogen-bond acceptors (Lipinski definition) is 20. The van der Waals surface area contributed by atoms with Gasteiger partial charge in [0.1, 0.15) is 48.6 Å². The molecule has 79 heavy (non-hydrogen) atoms. The fraction of sp³-hybridized carbons (Fsp3) is 0.774. The third-order valence-corrected chi connectivity index (χ3v) is 15.2. The first-order valence-electron chi connectivity index (χ1n) is 28.2. The van der Waals surface area contributed by atoms with Gasteiger partial charge in [0, 0.05) is 51.4 Å². The molecule has 450 valence electrons. The first kappa shape index (κ1) is 66.7. The molecule has 0 spiro atoms. The van der Waals surface area contributed by atoms with Crippen molar-refractivity contribution in [1.82, 2.24) is 41.7 Å². The Balaban J connectivity index is 1.74. The number of hydrogen-bond donors (Lipinski definition) is 18. The number of phenols is 2. The predicted octanol–water partition coefficient (Wildman–Crippen LogP) is -3.28. The number of unbranched alkanes of at least 4 members (excludes halogenated alkanes) is 12. The molecule has 0 aliphatic carbocycles. The third-order valence-electron chi connectivity index (χ3n) is 15.2. The van der Waals surface area contributed by atoms with Crippen molar-refractivity contribution in [2.24, 2.45) is 17.4 Å². The highest BCUT2D eigenvalue weighted by molar-refractivity contribution is 5.97. The minimum absolute atomic E-state index is 0.0132. The van der Waals surface area contributed by atoms with Crippen LogP contribution in [0, 0.1) is 5.92 Å². The van der Waals surface area contributed by atoms with E-state index < -0.39 is 164 Å². The van der Waals surface area contributed by atoms with E-state index in [1.807, 2.05) is 0 Å². The zero-order valence-corrected chi connectivity index (χ0v) is 46.0. The first-order valence-corrected chi connectivity index (χ1v) is 28.2. The van der Waals surface area contributed by atoms with E-state index in [4.69, 9.17) is 11.5 Å². The van der Waals surface area contributed by atoms with Gasteiger partial charge in [-0.25, -0.2) is 0 Å². The molecule has 1 aromatic rings. The molecule has 26 heteroatoms. The van der Waals surface area contributed by atoms with Gasteiger partial charge in [-0.15, -0.1) is 0 Å². The van der Waals surface area contributed by atoms with Crippen LogP contribution in [0.1, 0.15) is 142 Å². The maximum atomic E-state index is 14.8. The fourth-order valence-electron chi connectivity index (χ4n) is 10.5. The standard InChI is InChI=1S/C53H92N10O16/c1-4-5-6-7-8-9-10-11-12-13-14-15-16-17-39(70)57-33-26-38(69)47(56-23-22-55)61-51(77)43-44(71)29(2)27-63(43)53(79)41(36(67)20-21-54)59-50(76)42(46(73)45(72)31-18-19-35(66)37(68)24-31)60-49(75)34-25-32(65)28-62(34)52(78)40(30(3)64)58-48(33)74/h18-19,24,29-30,32-34,36,38,40-47,51,56,61,64-69,71-73,77H,4-17,20-23,25-28,54-55H2,1-3H3,(H,57,70)(H,58,74)(H,59,76)(H,60,75). The van der Waals surface area contributed by atoms with Crippen molar-refractivity contribution < 1.29 is 79.8 Å². The Labute approximate surface area is 462 Å². The smallest absolute Gasteiger partial charge is 0.248 e. The van der Waals surface area contributed by atoms with Crippen molar-refractivity contribution in [2.45, 2.75) is 221 Å². The van der Waals surface area contributed by atoms with Gasteiger partial charge in [0.2, 0.25) is 35.4 Å². The monoisotopic (exact) mass is 1120 g/mol. The second-order valence-electron chi connectivity index (χ2n) is 21.6. The number of aliphatic hydroxyl groups is 8.